The molecule has 0 aliphatic rings. The number of aliphatic carboxylic acids is 1. The van der Waals surface area contributed by atoms with Gasteiger partial charge in [-0.1, -0.05) is 19.9 Å². The van der Waals surface area contributed by atoms with Crippen molar-refractivity contribution in [1.29, 1.82) is 0 Å². The summed E-state index contributed by atoms with van der Waals surface area (Å²) in [7, 11) is 0. The van der Waals surface area contributed by atoms with Gasteiger partial charge in [-0.15, -0.1) is 0 Å². The molecule has 2 N–H and O–H groups in total. The Hall–Kier alpha value is -0.981. The number of hydrogen-bond donors (Lipinski definition) is 1. The first-order valence-electron chi connectivity index (χ1n) is 6.82. The molecular weight excluding hydrogens is 401 g/mol. The molecule has 114 valence electrons. The molecule has 0 aliphatic carbocycles. The van der Waals surface area contributed by atoms with Crippen molar-refractivity contribution in [3.05, 3.63) is 66.4 Å². The summed E-state index contributed by atoms with van der Waals surface area (Å²) in [6.07, 6.45) is 0. The zero-order valence-corrected chi connectivity index (χ0v) is 16.3. The van der Waals surface area contributed by atoms with Crippen molar-refractivity contribution in [2.75, 3.05) is 0 Å². The molecule has 0 radical (unpaired) electrons. The number of hydrogen-bond acceptors (Lipinski definition) is 2. The molecule has 0 aliphatic heterocycles. The predicted molar refractivity (Wildman–Crippen MR) is 95.1 cm³/mol. The van der Waals surface area contributed by atoms with Crippen LogP contribution in [0.3, 0.4) is 0 Å². The molecular formula is C17H19NO2SSn. The molecule has 3 nitrogen and oxygen atoms in total. The maximum absolute atomic E-state index is 10.1. The quantitative estimate of drug-likeness (QED) is 0.610. The van der Waals surface area contributed by atoms with Gasteiger partial charge in [-0.05, 0) is 0 Å². The third-order valence-corrected chi connectivity index (χ3v) is 6.56. The predicted octanol–water partition coefficient (Wildman–Crippen LogP) is 2.16. The van der Waals surface area contributed by atoms with Crippen molar-refractivity contribution in [2.45, 2.75) is 24.6 Å². The maximum atomic E-state index is 10.1. The molecule has 2 rings (SSSR count). The number of rotatable bonds is 4. The molecule has 5 heteroatoms. The van der Waals surface area contributed by atoms with Gasteiger partial charge in [0, 0.05) is 0 Å². The van der Waals surface area contributed by atoms with Crippen molar-refractivity contribution >= 4 is 46.9 Å². The summed E-state index contributed by atoms with van der Waals surface area (Å²) in [6, 6.07) is 20.4. The molecule has 2 aromatic rings. The van der Waals surface area contributed by atoms with Gasteiger partial charge in [-0.3, -0.25) is 4.79 Å². The van der Waals surface area contributed by atoms with Crippen LogP contribution in [0.4, 0.5) is 0 Å². The van der Waals surface area contributed by atoms with E-state index in [2.05, 4.69) is 60.7 Å². The van der Waals surface area contributed by atoms with Crippen molar-refractivity contribution in [3.63, 3.8) is 0 Å². The third kappa shape index (κ3) is 7.33. The Balaban J connectivity index is 0.000000239. The Labute approximate surface area is 147 Å². The van der Waals surface area contributed by atoms with Crippen LogP contribution in [0.5, 0.6) is 0 Å². The van der Waals surface area contributed by atoms with E-state index >= 15 is 0 Å². The van der Waals surface area contributed by atoms with E-state index in [-0.39, 0.29) is 0 Å². The minimum atomic E-state index is -1.20. The second-order valence-corrected chi connectivity index (χ2v) is 10.3. The number of carbonyl (C=O) groups is 1. The molecule has 0 bridgehead atoms. The topological polar surface area (TPSA) is 61.1 Å². The Morgan fingerprint density at radius 2 is 1.41 bits per heavy atom. The second-order valence-electron chi connectivity index (χ2n) is 5.23. The summed E-state index contributed by atoms with van der Waals surface area (Å²) >= 11 is 4.20. The number of carboxylic acid groups (broad SMARTS) is 1. The van der Waals surface area contributed by atoms with E-state index in [1.54, 1.807) is 13.8 Å². The van der Waals surface area contributed by atoms with E-state index < -0.39 is 37.9 Å². The fraction of sp³-hybridized carbons (Fsp3) is 0.235. The van der Waals surface area contributed by atoms with Crippen molar-refractivity contribution in [3.8, 4) is 0 Å². The van der Waals surface area contributed by atoms with Crippen molar-refractivity contribution in [2.24, 2.45) is 0 Å². The van der Waals surface area contributed by atoms with Crippen LogP contribution < -0.4 is 7.16 Å². The molecule has 0 amide bonds. The Kier molecular flexibility index (Phi) is 7.99. The van der Waals surface area contributed by atoms with Gasteiger partial charge in [0.2, 0.25) is 0 Å². The Morgan fingerprint density at radius 1 is 1.05 bits per heavy atom. The van der Waals surface area contributed by atoms with E-state index in [1.165, 1.54) is 7.16 Å². The van der Waals surface area contributed by atoms with E-state index in [9.17, 15) is 4.79 Å². The molecule has 0 aromatic heterocycles. The van der Waals surface area contributed by atoms with E-state index in [0.29, 0.717) is 0 Å². The first kappa shape index (κ1) is 19.1. The van der Waals surface area contributed by atoms with Gasteiger partial charge in [0.1, 0.15) is 0 Å². The second kappa shape index (κ2) is 9.22. The summed E-state index contributed by atoms with van der Waals surface area (Å²) < 4.78 is 2.21. The molecule has 2 aromatic carbocycles. The van der Waals surface area contributed by atoms with Crippen LogP contribution in [-0.2, 0) is 17.4 Å². The van der Waals surface area contributed by atoms with Gasteiger partial charge in [0.25, 0.3) is 5.97 Å². The first-order chi connectivity index (χ1) is 10.3. The summed E-state index contributed by atoms with van der Waals surface area (Å²) in [6.45, 7) is 3.10. The van der Waals surface area contributed by atoms with Crippen LogP contribution >= 0.6 is 0 Å². The monoisotopic (exact) mass is 421 g/mol. The van der Waals surface area contributed by atoms with Gasteiger partial charge >= 0.3 is 89.0 Å². The molecule has 1 unspecified atom stereocenters. The average molecular weight is 420 g/mol. The molecule has 0 saturated heterocycles. The minimum absolute atomic E-state index is 0.517. The van der Waals surface area contributed by atoms with Crippen LogP contribution in [-0.4, -0.2) is 43.0 Å². The molecule has 22 heavy (non-hydrogen) atoms. The van der Waals surface area contributed by atoms with E-state index in [0.717, 1.165) is 0 Å². The molecule has 0 fully saturated rings. The van der Waals surface area contributed by atoms with Gasteiger partial charge in [-0.2, -0.15) is 4.75 Å². The summed E-state index contributed by atoms with van der Waals surface area (Å²) in [5, 5.41) is 8.26. The summed E-state index contributed by atoms with van der Waals surface area (Å²) in [5.74, 6) is -1.16. The van der Waals surface area contributed by atoms with Crippen LogP contribution in [0.25, 0.3) is 5.73 Å². The van der Waals surface area contributed by atoms with Crippen LogP contribution in [0.2, 0.25) is 0 Å². The first-order valence-corrected chi connectivity index (χ1v) is 10.1. The molecule has 0 heterocycles. The van der Waals surface area contributed by atoms with Crippen LogP contribution in [0.15, 0.2) is 60.7 Å². The number of carboxylic acids is 1. The Bertz CT molecular complexity index is 533. The van der Waals surface area contributed by atoms with E-state index in [1.807, 2.05) is 0 Å². The fourth-order valence-electron chi connectivity index (χ4n) is 1.51. The summed E-state index contributed by atoms with van der Waals surface area (Å²) in [4.78, 5) is 10.1. The van der Waals surface area contributed by atoms with Crippen LogP contribution in [0, 0.1) is 0 Å². The van der Waals surface area contributed by atoms with E-state index in [4.69, 9.17) is 23.5 Å². The van der Waals surface area contributed by atoms with Gasteiger partial charge in [-0.25, -0.2) is 0 Å². The zero-order chi connectivity index (χ0) is 16.6. The zero-order valence-electron chi connectivity index (χ0n) is 12.6. The van der Waals surface area contributed by atoms with Gasteiger partial charge in [0.05, 0.1) is 0 Å². The average Bonchev–Trinajstić information content (AvgIpc) is 2.48. The Morgan fingerprint density at radius 3 is 1.64 bits per heavy atom. The molecule has 1 atom stereocenters. The summed E-state index contributed by atoms with van der Waals surface area (Å²) in [5.41, 5.74) is 6.97. The normalized spacial score (nSPS) is 11.6. The van der Waals surface area contributed by atoms with Crippen molar-refractivity contribution < 1.29 is 9.90 Å². The van der Waals surface area contributed by atoms with Gasteiger partial charge < -0.3 is 23.5 Å². The third-order valence-electron chi connectivity index (χ3n) is 2.78. The van der Waals surface area contributed by atoms with Gasteiger partial charge in [0.15, 0.2) is 0 Å². The van der Waals surface area contributed by atoms with Crippen molar-refractivity contribution in [1.82, 2.24) is 0 Å². The molecule has 0 saturated carbocycles. The number of nitrogens with one attached hydrogen (secondary N) is 1. The van der Waals surface area contributed by atoms with Crippen LogP contribution in [0.1, 0.15) is 13.8 Å². The SMILES string of the molecule is CC(C)([S-])C([NH-])C(=O)O.c1cc[c]([Sn+2][c]2ccccc2)cc1. The number of benzene rings is 2. The molecule has 0 spiro atoms. The fourth-order valence-corrected chi connectivity index (χ4v) is 4.61. The standard InChI is InChI=1S/2C6H5.C5H10NO2S.Sn/c2*1-2-4-6-5-3-1;1-5(2,9)3(6)4(7)8;/h2*1-5H;3,6,9H,1-2H3,(H,7,8);/q;;-1;+2/p-1.